The maximum Gasteiger partial charge on any atom is 0.259 e. The first-order chi connectivity index (χ1) is 16.4. The molecule has 34 heavy (non-hydrogen) atoms. The van der Waals surface area contributed by atoms with Crippen molar-refractivity contribution in [1.82, 2.24) is 14.8 Å². The molecule has 2 fully saturated rings. The smallest absolute Gasteiger partial charge is 0.259 e. The summed E-state index contributed by atoms with van der Waals surface area (Å²) in [5.41, 5.74) is 0.801. The number of piperazine rings is 1. The van der Waals surface area contributed by atoms with E-state index in [1.807, 2.05) is 32.0 Å². The summed E-state index contributed by atoms with van der Waals surface area (Å²) < 4.78 is 1.80. The Morgan fingerprint density at radius 3 is 2.12 bits per heavy atom. The van der Waals surface area contributed by atoms with Crippen LogP contribution in [0.1, 0.15) is 79.1 Å². The minimum absolute atomic E-state index is 0.0199. The number of hydrogen-bond donors (Lipinski definition) is 1. The van der Waals surface area contributed by atoms with Gasteiger partial charge in [-0.15, -0.1) is 0 Å². The lowest BCUT2D eigenvalue weighted by molar-refractivity contribution is 0.0744. The lowest BCUT2D eigenvalue weighted by Crippen LogP contribution is -2.50. The van der Waals surface area contributed by atoms with E-state index in [0.717, 1.165) is 31.4 Å². The molecule has 0 spiro atoms. The summed E-state index contributed by atoms with van der Waals surface area (Å²) in [6, 6.07) is 10.2. The molecule has 1 saturated carbocycles. The van der Waals surface area contributed by atoms with Gasteiger partial charge in [0.05, 0.1) is 0 Å². The van der Waals surface area contributed by atoms with Crippen LogP contribution in [-0.4, -0.2) is 53.5 Å². The van der Waals surface area contributed by atoms with E-state index in [4.69, 9.17) is 0 Å². The Bertz CT molecular complexity index is 1050. The second-order valence-corrected chi connectivity index (χ2v) is 9.73. The predicted octanol–water partition coefficient (Wildman–Crippen LogP) is 3.84. The fraction of sp³-hybridized carbons (Fsp3) is 0.519. The molecule has 2 aromatic rings. The molecular formula is C27H36N4O3. The third-order valence-electron chi connectivity index (χ3n) is 7.00. The molecule has 7 heteroatoms. The molecule has 2 amide bonds. The van der Waals surface area contributed by atoms with E-state index in [2.05, 4.69) is 22.3 Å². The Balaban J connectivity index is 1.53. The number of carbonyl (C=O) groups excluding carboxylic acids is 2. The molecule has 0 unspecified atom stereocenters. The van der Waals surface area contributed by atoms with Crippen molar-refractivity contribution >= 4 is 17.5 Å². The number of aromatic nitrogens is 1. The Morgan fingerprint density at radius 2 is 1.50 bits per heavy atom. The van der Waals surface area contributed by atoms with E-state index in [0.29, 0.717) is 26.2 Å². The maximum atomic E-state index is 13.4. The van der Waals surface area contributed by atoms with E-state index >= 15 is 0 Å². The van der Waals surface area contributed by atoms with Gasteiger partial charge in [-0.25, -0.2) is 0 Å². The average molecular weight is 465 g/mol. The van der Waals surface area contributed by atoms with E-state index in [1.54, 1.807) is 21.9 Å². The van der Waals surface area contributed by atoms with Crippen molar-refractivity contribution < 1.29 is 9.59 Å². The van der Waals surface area contributed by atoms with E-state index < -0.39 is 5.43 Å². The van der Waals surface area contributed by atoms with E-state index in [1.165, 1.54) is 12.8 Å². The molecule has 4 rings (SSSR count). The lowest BCUT2D eigenvalue weighted by Gasteiger charge is -2.36. The topological polar surface area (TPSA) is 74.6 Å². The van der Waals surface area contributed by atoms with Gasteiger partial charge in [0, 0.05) is 56.3 Å². The first-order valence-electron chi connectivity index (χ1n) is 12.6. The largest absolute Gasteiger partial charge is 0.368 e. The van der Waals surface area contributed by atoms with Crippen LogP contribution in [-0.2, 0) is 0 Å². The fourth-order valence-electron chi connectivity index (χ4n) is 4.87. The minimum atomic E-state index is -0.474. The molecule has 2 heterocycles. The summed E-state index contributed by atoms with van der Waals surface area (Å²) in [7, 11) is 0. The van der Waals surface area contributed by atoms with Crippen LogP contribution in [0.25, 0.3) is 0 Å². The van der Waals surface area contributed by atoms with Gasteiger partial charge in [0.2, 0.25) is 5.43 Å². The van der Waals surface area contributed by atoms with Crippen LogP contribution in [0.2, 0.25) is 0 Å². The standard InChI is InChI=1S/C27H36N4O3/c1-20(2)31-18-23(26(33)28-21-10-6-3-4-7-11-21)25(32)24(19-31)27(34)30-16-14-29(15-17-30)22-12-8-5-9-13-22/h5,8-9,12-13,18-21H,3-4,6-7,10-11,14-17H2,1-2H3,(H,28,33). The predicted molar refractivity (Wildman–Crippen MR) is 135 cm³/mol. The molecule has 1 N–H and O–H groups in total. The van der Waals surface area contributed by atoms with Crippen molar-refractivity contribution in [3.63, 3.8) is 0 Å². The number of pyridine rings is 1. The minimum Gasteiger partial charge on any atom is -0.368 e. The van der Waals surface area contributed by atoms with Crippen LogP contribution in [0.15, 0.2) is 47.5 Å². The zero-order chi connectivity index (χ0) is 24.1. The second-order valence-electron chi connectivity index (χ2n) is 9.73. The van der Waals surface area contributed by atoms with Crippen molar-refractivity contribution in [2.75, 3.05) is 31.1 Å². The van der Waals surface area contributed by atoms with Gasteiger partial charge in [0.15, 0.2) is 0 Å². The molecule has 1 aromatic heterocycles. The van der Waals surface area contributed by atoms with Crippen LogP contribution in [0.3, 0.4) is 0 Å². The molecular weight excluding hydrogens is 428 g/mol. The third kappa shape index (κ3) is 5.51. The summed E-state index contributed by atoms with van der Waals surface area (Å²) in [6.07, 6.45) is 9.65. The molecule has 0 atom stereocenters. The highest BCUT2D eigenvalue weighted by Gasteiger charge is 2.27. The zero-order valence-corrected chi connectivity index (χ0v) is 20.3. The molecule has 182 valence electrons. The fourth-order valence-corrected chi connectivity index (χ4v) is 4.87. The summed E-state index contributed by atoms with van der Waals surface area (Å²) in [4.78, 5) is 43.8. The van der Waals surface area contributed by atoms with Gasteiger partial charge in [-0.05, 0) is 38.8 Å². The van der Waals surface area contributed by atoms with Gasteiger partial charge >= 0.3 is 0 Å². The number of hydrogen-bond acceptors (Lipinski definition) is 4. The number of carbonyl (C=O) groups is 2. The highest BCUT2D eigenvalue weighted by atomic mass is 16.2. The van der Waals surface area contributed by atoms with Gasteiger partial charge < -0.3 is 19.7 Å². The van der Waals surface area contributed by atoms with Crippen LogP contribution in [0, 0.1) is 0 Å². The number of nitrogens with zero attached hydrogens (tertiary/aromatic N) is 3. The highest BCUT2D eigenvalue weighted by molar-refractivity contribution is 5.99. The van der Waals surface area contributed by atoms with E-state index in [-0.39, 0.29) is 35.0 Å². The average Bonchev–Trinajstić information content (AvgIpc) is 3.13. The summed E-state index contributed by atoms with van der Waals surface area (Å²) in [5, 5.41) is 3.07. The van der Waals surface area contributed by atoms with Crippen LogP contribution >= 0.6 is 0 Å². The van der Waals surface area contributed by atoms with Gasteiger partial charge in [0.1, 0.15) is 11.1 Å². The Morgan fingerprint density at radius 1 is 0.882 bits per heavy atom. The van der Waals surface area contributed by atoms with Crippen LogP contribution in [0.5, 0.6) is 0 Å². The third-order valence-corrected chi connectivity index (χ3v) is 7.00. The monoisotopic (exact) mass is 464 g/mol. The Labute approximate surface area is 201 Å². The van der Waals surface area contributed by atoms with Gasteiger partial charge in [-0.3, -0.25) is 14.4 Å². The first kappa shape index (κ1) is 24.0. The molecule has 2 aliphatic rings. The molecule has 1 saturated heterocycles. The zero-order valence-electron chi connectivity index (χ0n) is 20.3. The maximum absolute atomic E-state index is 13.4. The summed E-state index contributed by atoms with van der Waals surface area (Å²) >= 11 is 0. The van der Waals surface area contributed by atoms with Crippen LogP contribution in [0.4, 0.5) is 5.69 Å². The van der Waals surface area contributed by atoms with Crippen molar-refractivity contribution in [2.45, 2.75) is 64.5 Å². The van der Waals surface area contributed by atoms with Gasteiger partial charge in [0.25, 0.3) is 11.8 Å². The summed E-state index contributed by atoms with van der Waals surface area (Å²) in [5.74, 6) is -0.661. The Hall–Kier alpha value is -3.09. The summed E-state index contributed by atoms with van der Waals surface area (Å²) in [6.45, 7) is 6.43. The molecule has 0 bridgehead atoms. The number of anilines is 1. The normalized spacial score (nSPS) is 17.5. The molecule has 1 aliphatic heterocycles. The highest BCUT2D eigenvalue weighted by Crippen LogP contribution is 2.19. The van der Waals surface area contributed by atoms with Gasteiger partial charge in [-0.1, -0.05) is 43.9 Å². The van der Waals surface area contributed by atoms with E-state index in [9.17, 15) is 14.4 Å². The molecule has 1 aliphatic carbocycles. The lowest BCUT2D eigenvalue weighted by atomic mass is 10.1. The number of benzene rings is 1. The number of nitrogens with one attached hydrogen (secondary N) is 1. The van der Waals surface area contributed by atoms with Gasteiger partial charge in [-0.2, -0.15) is 0 Å². The first-order valence-corrected chi connectivity index (χ1v) is 12.6. The van der Waals surface area contributed by atoms with Crippen molar-refractivity contribution in [2.24, 2.45) is 0 Å². The second kappa shape index (κ2) is 10.9. The number of amides is 2. The Kier molecular flexibility index (Phi) is 7.70. The van der Waals surface area contributed by atoms with Crippen molar-refractivity contribution in [1.29, 1.82) is 0 Å². The SMILES string of the molecule is CC(C)n1cc(C(=O)NC2CCCCCC2)c(=O)c(C(=O)N2CCN(c3ccccc3)CC2)c1. The van der Waals surface area contributed by atoms with Crippen molar-refractivity contribution in [3.8, 4) is 0 Å². The molecule has 0 radical (unpaired) electrons. The number of rotatable bonds is 5. The number of para-hydroxylation sites is 1. The molecule has 1 aromatic carbocycles. The van der Waals surface area contributed by atoms with Crippen molar-refractivity contribution in [3.05, 3.63) is 64.1 Å². The quantitative estimate of drug-likeness (QED) is 0.682. The molecule has 7 nitrogen and oxygen atoms in total. The van der Waals surface area contributed by atoms with Crippen LogP contribution < -0.4 is 15.6 Å².